The maximum Gasteiger partial charge on any atom is 0.390 e. The topological polar surface area (TPSA) is 55.1 Å². The normalized spacial score (nSPS) is 10.7. The van der Waals surface area contributed by atoms with Crippen LogP contribution in [0.2, 0.25) is 0 Å². The number of rotatable bonds is 4. The minimum absolute atomic E-state index is 0. The molecule has 7 heteroatoms. The molecule has 0 aliphatic rings. The van der Waals surface area contributed by atoms with Gasteiger partial charge in [-0.3, -0.25) is 4.79 Å². The standard InChI is InChI=1S/C11H13F3N2O.ClH/c12-11(13,14)5-6-16-10(17)9-3-1-8(7-15)2-4-9;/h1-4H,5-7,15H2,(H,16,17);1H. The highest BCUT2D eigenvalue weighted by molar-refractivity contribution is 5.94. The molecular formula is C11H14ClF3N2O. The van der Waals surface area contributed by atoms with Crippen LogP contribution in [0.3, 0.4) is 0 Å². The van der Waals surface area contributed by atoms with Gasteiger partial charge < -0.3 is 11.1 Å². The molecule has 18 heavy (non-hydrogen) atoms. The van der Waals surface area contributed by atoms with Crippen molar-refractivity contribution in [2.24, 2.45) is 5.73 Å². The van der Waals surface area contributed by atoms with E-state index in [1.165, 1.54) is 12.1 Å². The van der Waals surface area contributed by atoms with E-state index in [1.807, 2.05) is 0 Å². The lowest BCUT2D eigenvalue weighted by atomic mass is 10.1. The van der Waals surface area contributed by atoms with Crippen LogP contribution in [-0.2, 0) is 6.54 Å². The summed E-state index contributed by atoms with van der Waals surface area (Å²) in [6.07, 6.45) is -5.28. The molecule has 102 valence electrons. The summed E-state index contributed by atoms with van der Waals surface area (Å²) in [7, 11) is 0. The van der Waals surface area contributed by atoms with Crippen LogP contribution in [0.25, 0.3) is 0 Å². The van der Waals surface area contributed by atoms with E-state index in [-0.39, 0.29) is 12.4 Å². The maximum atomic E-state index is 11.8. The molecule has 0 spiro atoms. The summed E-state index contributed by atoms with van der Waals surface area (Å²) in [4.78, 5) is 11.4. The molecule has 0 aromatic heterocycles. The quantitative estimate of drug-likeness (QED) is 0.890. The third kappa shape index (κ3) is 5.88. The van der Waals surface area contributed by atoms with E-state index in [9.17, 15) is 18.0 Å². The fourth-order valence-electron chi connectivity index (χ4n) is 1.21. The number of hydrogen-bond acceptors (Lipinski definition) is 2. The number of nitrogens with two attached hydrogens (primary N) is 1. The zero-order valence-corrected chi connectivity index (χ0v) is 10.3. The van der Waals surface area contributed by atoms with Crippen LogP contribution in [0.15, 0.2) is 24.3 Å². The fourth-order valence-corrected chi connectivity index (χ4v) is 1.21. The highest BCUT2D eigenvalue weighted by Crippen LogP contribution is 2.18. The highest BCUT2D eigenvalue weighted by Gasteiger charge is 2.26. The molecule has 0 saturated heterocycles. The smallest absolute Gasteiger partial charge is 0.352 e. The van der Waals surface area contributed by atoms with E-state index in [0.717, 1.165) is 5.56 Å². The van der Waals surface area contributed by atoms with E-state index in [1.54, 1.807) is 12.1 Å². The van der Waals surface area contributed by atoms with Gasteiger partial charge in [-0.15, -0.1) is 12.4 Å². The Kier molecular flexibility index (Phi) is 6.72. The van der Waals surface area contributed by atoms with Crippen molar-refractivity contribution in [3.05, 3.63) is 35.4 Å². The average molecular weight is 283 g/mol. The van der Waals surface area contributed by atoms with Crippen molar-refractivity contribution in [3.8, 4) is 0 Å². The van der Waals surface area contributed by atoms with Crippen molar-refractivity contribution >= 4 is 18.3 Å². The van der Waals surface area contributed by atoms with Crippen LogP contribution in [0, 0.1) is 0 Å². The predicted molar refractivity (Wildman–Crippen MR) is 64.6 cm³/mol. The van der Waals surface area contributed by atoms with Gasteiger partial charge >= 0.3 is 6.18 Å². The molecule has 0 heterocycles. The first-order chi connectivity index (χ1) is 7.92. The Labute approximate surface area is 109 Å². The lowest BCUT2D eigenvalue weighted by Crippen LogP contribution is -2.27. The molecule has 0 bridgehead atoms. The van der Waals surface area contributed by atoms with Gasteiger partial charge in [0.15, 0.2) is 0 Å². The molecule has 3 N–H and O–H groups in total. The summed E-state index contributed by atoms with van der Waals surface area (Å²) in [5.41, 5.74) is 6.56. The average Bonchev–Trinajstić information content (AvgIpc) is 2.27. The van der Waals surface area contributed by atoms with Gasteiger partial charge in [0.05, 0.1) is 6.42 Å². The first-order valence-corrected chi connectivity index (χ1v) is 5.06. The molecule has 0 unspecified atom stereocenters. The number of halogens is 4. The Hall–Kier alpha value is -1.27. The predicted octanol–water partition coefficient (Wildman–Crippen LogP) is 2.25. The first-order valence-electron chi connectivity index (χ1n) is 5.06. The lowest BCUT2D eigenvalue weighted by Gasteiger charge is -2.08. The first kappa shape index (κ1) is 16.7. The number of hydrogen-bond donors (Lipinski definition) is 2. The molecule has 1 rings (SSSR count). The minimum Gasteiger partial charge on any atom is -0.352 e. The molecule has 1 aromatic rings. The number of alkyl halides is 3. The van der Waals surface area contributed by atoms with E-state index >= 15 is 0 Å². The Morgan fingerprint density at radius 1 is 1.22 bits per heavy atom. The molecule has 1 amide bonds. The number of amides is 1. The summed E-state index contributed by atoms with van der Waals surface area (Å²) < 4.78 is 35.5. The van der Waals surface area contributed by atoms with Crippen LogP contribution in [-0.4, -0.2) is 18.6 Å². The largest absolute Gasteiger partial charge is 0.390 e. The Balaban J connectivity index is 0.00000289. The number of carbonyl (C=O) groups excluding carboxylic acids is 1. The second-order valence-corrected chi connectivity index (χ2v) is 3.52. The summed E-state index contributed by atoms with van der Waals surface area (Å²) in [6.45, 7) is -0.0586. The van der Waals surface area contributed by atoms with Gasteiger partial charge in [-0.2, -0.15) is 13.2 Å². The third-order valence-corrected chi connectivity index (χ3v) is 2.15. The van der Waals surface area contributed by atoms with Crippen molar-refractivity contribution in [1.82, 2.24) is 5.32 Å². The van der Waals surface area contributed by atoms with Gasteiger partial charge in [-0.25, -0.2) is 0 Å². The fraction of sp³-hybridized carbons (Fsp3) is 0.364. The van der Waals surface area contributed by atoms with Crippen molar-refractivity contribution in [2.45, 2.75) is 19.1 Å². The van der Waals surface area contributed by atoms with Gasteiger partial charge in [0.25, 0.3) is 5.91 Å². The van der Waals surface area contributed by atoms with Crippen LogP contribution < -0.4 is 11.1 Å². The summed E-state index contributed by atoms with van der Waals surface area (Å²) in [5.74, 6) is -0.516. The summed E-state index contributed by atoms with van der Waals surface area (Å²) >= 11 is 0. The van der Waals surface area contributed by atoms with Gasteiger partial charge in [0, 0.05) is 18.7 Å². The van der Waals surface area contributed by atoms with Gasteiger partial charge in [0.2, 0.25) is 0 Å². The monoisotopic (exact) mass is 282 g/mol. The number of benzene rings is 1. The van der Waals surface area contributed by atoms with Crippen LogP contribution in [0.4, 0.5) is 13.2 Å². The summed E-state index contributed by atoms with van der Waals surface area (Å²) in [6, 6.07) is 6.40. The SMILES string of the molecule is Cl.NCc1ccc(C(=O)NCCC(F)(F)F)cc1. The number of carbonyl (C=O) groups is 1. The third-order valence-electron chi connectivity index (χ3n) is 2.15. The zero-order valence-electron chi connectivity index (χ0n) is 9.46. The van der Waals surface area contributed by atoms with Crippen molar-refractivity contribution < 1.29 is 18.0 Å². The second-order valence-electron chi connectivity index (χ2n) is 3.52. The van der Waals surface area contributed by atoms with Crippen molar-refractivity contribution in [1.29, 1.82) is 0 Å². The lowest BCUT2D eigenvalue weighted by molar-refractivity contribution is -0.132. The van der Waals surface area contributed by atoms with Crippen LogP contribution in [0.1, 0.15) is 22.3 Å². The zero-order chi connectivity index (χ0) is 12.9. The van der Waals surface area contributed by atoms with Crippen LogP contribution in [0.5, 0.6) is 0 Å². The van der Waals surface area contributed by atoms with Gasteiger partial charge in [-0.05, 0) is 17.7 Å². The van der Waals surface area contributed by atoms with E-state index in [4.69, 9.17) is 5.73 Å². The summed E-state index contributed by atoms with van der Waals surface area (Å²) in [5, 5.41) is 2.20. The minimum atomic E-state index is -4.25. The molecule has 0 radical (unpaired) electrons. The molecule has 0 aliphatic heterocycles. The molecule has 0 saturated carbocycles. The Bertz CT molecular complexity index is 379. The van der Waals surface area contributed by atoms with E-state index in [2.05, 4.69) is 5.32 Å². The van der Waals surface area contributed by atoms with Crippen molar-refractivity contribution in [2.75, 3.05) is 6.54 Å². The molecule has 3 nitrogen and oxygen atoms in total. The second kappa shape index (κ2) is 7.23. The Morgan fingerprint density at radius 2 is 1.78 bits per heavy atom. The van der Waals surface area contributed by atoms with Gasteiger partial charge in [0.1, 0.15) is 0 Å². The van der Waals surface area contributed by atoms with E-state index < -0.39 is 25.0 Å². The molecule has 0 fully saturated rings. The van der Waals surface area contributed by atoms with Crippen molar-refractivity contribution in [3.63, 3.8) is 0 Å². The van der Waals surface area contributed by atoms with Crippen LogP contribution >= 0.6 is 12.4 Å². The molecule has 0 atom stereocenters. The van der Waals surface area contributed by atoms with E-state index in [0.29, 0.717) is 12.1 Å². The number of nitrogens with one attached hydrogen (secondary N) is 1. The molecule has 0 aliphatic carbocycles. The van der Waals surface area contributed by atoms with Gasteiger partial charge in [-0.1, -0.05) is 12.1 Å². The molecule has 1 aromatic carbocycles. The highest BCUT2D eigenvalue weighted by atomic mass is 35.5. The molecular weight excluding hydrogens is 269 g/mol. The Morgan fingerprint density at radius 3 is 2.22 bits per heavy atom. The maximum absolute atomic E-state index is 11.8.